The van der Waals surface area contributed by atoms with Gasteiger partial charge in [-0.15, -0.1) is 0 Å². The Bertz CT molecular complexity index is 615. The van der Waals surface area contributed by atoms with E-state index in [-0.39, 0.29) is 11.7 Å². The number of hydrogen-bond donors (Lipinski definition) is 2. The first kappa shape index (κ1) is 13.5. The Kier molecular flexibility index (Phi) is 4.45. The third kappa shape index (κ3) is 3.75. The minimum atomic E-state index is -0.352. The van der Waals surface area contributed by atoms with E-state index >= 15 is 0 Å². The molecule has 0 aliphatic rings. The molecule has 0 fully saturated rings. The first-order valence-electron chi connectivity index (χ1n) is 5.39. The number of hydrazone groups is 1. The van der Waals surface area contributed by atoms with Crippen LogP contribution < -0.4 is 5.43 Å². The molecule has 0 aliphatic carbocycles. The summed E-state index contributed by atoms with van der Waals surface area (Å²) in [6, 6.07) is 8.42. The van der Waals surface area contributed by atoms with E-state index in [9.17, 15) is 9.90 Å². The van der Waals surface area contributed by atoms with Gasteiger partial charge in [-0.1, -0.05) is 0 Å². The van der Waals surface area contributed by atoms with Gasteiger partial charge in [0, 0.05) is 21.5 Å². The SMILES string of the molecule is O=C(N/N=C/c1cc(I)ccc1O)c1cccnc1. The summed E-state index contributed by atoms with van der Waals surface area (Å²) >= 11 is 2.13. The van der Waals surface area contributed by atoms with E-state index in [1.54, 1.807) is 36.5 Å². The van der Waals surface area contributed by atoms with Crippen molar-refractivity contribution >= 4 is 34.7 Å². The van der Waals surface area contributed by atoms with E-state index in [4.69, 9.17) is 0 Å². The third-order valence-corrected chi connectivity index (χ3v) is 2.95. The van der Waals surface area contributed by atoms with Crippen LogP contribution in [0.1, 0.15) is 15.9 Å². The van der Waals surface area contributed by atoms with Crippen LogP contribution >= 0.6 is 22.6 Å². The van der Waals surface area contributed by atoms with Gasteiger partial charge in [-0.3, -0.25) is 9.78 Å². The highest BCUT2D eigenvalue weighted by Crippen LogP contribution is 2.17. The summed E-state index contributed by atoms with van der Waals surface area (Å²) in [5, 5.41) is 13.4. The van der Waals surface area contributed by atoms with E-state index in [2.05, 4.69) is 38.1 Å². The van der Waals surface area contributed by atoms with Crippen LogP contribution in [0, 0.1) is 3.57 Å². The molecule has 2 N–H and O–H groups in total. The van der Waals surface area contributed by atoms with Crippen molar-refractivity contribution in [1.29, 1.82) is 0 Å². The molecule has 0 unspecified atom stereocenters. The van der Waals surface area contributed by atoms with Crippen LogP contribution in [0.25, 0.3) is 0 Å². The summed E-state index contributed by atoms with van der Waals surface area (Å²) in [5.74, 6) is -0.241. The lowest BCUT2D eigenvalue weighted by atomic mass is 10.2. The molecule has 2 aromatic rings. The second-order valence-corrected chi connectivity index (χ2v) is 4.89. The van der Waals surface area contributed by atoms with Gasteiger partial charge in [-0.2, -0.15) is 5.10 Å². The second kappa shape index (κ2) is 6.28. The Morgan fingerprint density at radius 3 is 3.00 bits per heavy atom. The van der Waals surface area contributed by atoms with Gasteiger partial charge in [0.2, 0.25) is 0 Å². The fourth-order valence-electron chi connectivity index (χ4n) is 1.35. The monoisotopic (exact) mass is 367 g/mol. The number of halogens is 1. The number of hydrogen-bond acceptors (Lipinski definition) is 4. The summed E-state index contributed by atoms with van der Waals surface area (Å²) in [4.78, 5) is 15.5. The molecule has 0 atom stereocenters. The molecule has 0 radical (unpaired) electrons. The van der Waals surface area contributed by atoms with Crippen LogP contribution in [-0.2, 0) is 0 Å². The summed E-state index contributed by atoms with van der Waals surface area (Å²) in [6.07, 6.45) is 4.43. The first-order valence-corrected chi connectivity index (χ1v) is 6.46. The van der Waals surface area contributed by atoms with Crippen LogP contribution in [-0.4, -0.2) is 22.2 Å². The van der Waals surface area contributed by atoms with E-state index in [1.807, 2.05) is 0 Å². The zero-order valence-corrected chi connectivity index (χ0v) is 11.9. The molecule has 2 rings (SSSR count). The van der Waals surface area contributed by atoms with E-state index in [1.165, 1.54) is 12.4 Å². The molecular formula is C13H10IN3O2. The van der Waals surface area contributed by atoms with Crippen LogP contribution in [0.4, 0.5) is 0 Å². The minimum Gasteiger partial charge on any atom is -0.507 e. The van der Waals surface area contributed by atoms with Gasteiger partial charge in [0.1, 0.15) is 5.75 Å². The maximum atomic E-state index is 11.7. The van der Waals surface area contributed by atoms with Gasteiger partial charge in [0.15, 0.2) is 0 Å². The fourth-order valence-corrected chi connectivity index (χ4v) is 1.87. The number of carbonyl (C=O) groups excluding carboxylic acids is 1. The Balaban J connectivity index is 2.04. The highest BCUT2D eigenvalue weighted by atomic mass is 127. The van der Waals surface area contributed by atoms with Gasteiger partial charge in [0.25, 0.3) is 5.91 Å². The average molecular weight is 367 g/mol. The Hall–Kier alpha value is -1.96. The van der Waals surface area contributed by atoms with Gasteiger partial charge in [-0.25, -0.2) is 5.43 Å². The Morgan fingerprint density at radius 2 is 2.26 bits per heavy atom. The summed E-state index contributed by atoms with van der Waals surface area (Å²) in [5.41, 5.74) is 3.33. The van der Waals surface area contributed by atoms with Gasteiger partial charge < -0.3 is 5.11 Å². The molecule has 0 spiro atoms. The van der Waals surface area contributed by atoms with E-state index < -0.39 is 0 Å². The maximum absolute atomic E-state index is 11.7. The van der Waals surface area contributed by atoms with Crippen molar-refractivity contribution in [2.75, 3.05) is 0 Å². The molecule has 6 heteroatoms. The second-order valence-electron chi connectivity index (χ2n) is 3.64. The standard InChI is InChI=1S/C13H10IN3O2/c14-11-3-4-12(18)10(6-11)8-16-17-13(19)9-2-1-5-15-7-9/h1-8,18H,(H,17,19)/b16-8+. The topological polar surface area (TPSA) is 74.6 Å². The molecule has 0 saturated heterocycles. The molecule has 19 heavy (non-hydrogen) atoms. The minimum absolute atomic E-state index is 0.111. The highest BCUT2D eigenvalue weighted by Gasteiger charge is 2.03. The number of amides is 1. The van der Waals surface area contributed by atoms with Crippen LogP contribution in [0.15, 0.2) is 47.8 Å². The molecule has 1 aromatic heterocycles. The van der Waals surface area contributed by atoms with Crippen LogP contribution in [0.3, 0.4) is 0 Å². The quantitative estimate of drug-likeness (QED) is 0.496. The van der Waals surface area contributed by atoms with Gasteiger partial charge >= 0.3 is 0 Å². The molecule has 0 aliphatic heterocycles. The van der Waals surface area contributed by atoms with Gasteiger partial charge in [-0.05, 0) is 52.9 Å². The number of carbonyl (C=O) groups is 1. The maximum Gasteiger partial charge on any atom is 0.272 e. The van der Waals surface area contributed by atoms with Crippen molar-refractivity contribution in [1.82, 2.24) is 10.4 Å². The number of pyridine rings is 1. The van der Waals surface area contributed by atoms with Crippen molar-refractivity contribution in [3.63, 3.8) is 0 Å². The van der Waals surface area contributed by atoms with Gasteiger partial charge in [0.05, 0.1) is 11.8 Å². The van der Waals surface area contributed by atoms with Crippen LogP contribution in [0.2, 0.25) is 0 Å². The number of phenols is 1. The lowest BCUT2D eigenvalue weighted by Crippen LogP contribution is -2.17. The smallest absolute Gasteiger partial charge is 0.272 e. The molecule has 5 nitrogen and oxygen atoms in total. The summed E-state index contributed by atoms with van der Waals surface area (Å²) < 4.78 is 0.968. The lowest BCUT2D eigenvalue weighted by Gasteiger charge is -2.00. The summed E-state index contributed by atoms with van der Waals surface area (Å²) in [6.45, 7) is 0. The normalized spacial score (nSPS) is 10.6. The number of nitrogens with zero attached hydrogens (tertiary/aromatic N) is 2. The molecule has 0 bridgehead atoms. The highest BCUT2D eigenvalue weighted by molar-refractivity contribution is 14.1. The molecular weight excluding hydrogens is 357 g/mol. The first-order chi connectivity index (χ1) is 9.16. The molecule has 1 amide bonds. The number of benzene rings is 1. The number of rotatable bonds is 3. The molecule has 1 heterocycles. The largest absolute Gasteiger partial charge is 0.507 e. The average Bonchev–Trinajstić information content (AvgIpc) is 2.43. The molecule has 96 valence electrons. The number of nitrogens with one attached hydrogen (secondary N) is 1. The van der Waals surface area contributed by atoms with Crippen molar-refractivity contribution in [2.45, 2.75) is 0 Å². The third-order valence-electron chi connectivity index (χ3n) is 2.28. The lowest BCUT2D eigenvalue weighted by molar-refractivity contribution is 0.0954. The number of phenolic OH excluding ortho intramolecular Hbond substituents is 1. The van der Waals surface area contributed by atoms with Crippen molar-refractivity contribution in [3.05, 3.63) is 57.4 Å². The van der Waals surface area contributed by atoms with E-state index in [0.29, 0.717) is 11.1 Å². The van der Waals surface area contributed by atoms with Crippen molar-refractivity contribution in [2.24, 2.45) is 5.10 Å². The molecule has 0 saturated carbocycles. The Morgan fingerprint density at radius 1 is 1.42 bits per heavy atom. The van der Waals surface area contributed by atoms with E-state index in [0.717, 1.165) is 3.57 Å². The fraction of sp³-hybridized carbons (Fsp3) is 0. The van der Waals surface area contributed by atoms with Crippen LogP contribution in [0.5, 0.6) is 5.75 Å². The predicted octanol–water partition coefficient (Wildman–Crippen LogP) is 2.16. The van der Waals surface area contributed by atoms with Crippen molar-refractivity contribution < 1.29 is 9.90 Å². The number of aromatic nitrogens is 1. The predicted molar refractivity (Wildman–Crippen MR) is 80.1 cm³/mol. The molecule has 1 aromatic carbocycles. The Labute approximate surface area is 123 Å². The zero-order chi connectivity index (χ0) is 13.7. The number of aromatic hydroxyl groups is 1. The summed E-state index contributed by atoms with van der Waals surface area (Å²) in [7, 11) is 0. The van der Waals surface area contributed by atoms with Crippen molar-refractivity contribution in [3.8, 4) is 5.75 Å². The zero-order valence-electron chi connectivity index (χ0n) is 9.75.